The van der Waals surface area contributed by atoms with Crippen LogP contribution in [0.5, 0.6) is 0 Å². The Kier molecular flexibility index (Phi) is 4.33. The normalized spacial score (nSPS) is 24.1. The van der Waals surface area contributed by atoms with Crippen LogP contribution >= 0.6 is 0 Å². The number of aliphatic hydroxyl groups excluding tert-OH is 1. The largest absolute Gasteiger partial charge is 0.466 e. The summed E-state index contributed by atoms with van der Waals surface area (Å²) in [6.45, 7) is 3.99. The number of carbonyl (C=O) groups excluding carboxylic acids is 1. The van der Waals surface area contributed by atoms with E-state index in [1.807, 2.05) is 30.3 Å². The minimum Gasteiger partial charge on any atom is -0.466 e. The van der Waals surface area contributed by atoms with Crippen LogP contribution in [0, 0.1) is 5.92 Å². The van der Waals surface area contributed by atoms with Crippen molar-refractivity contribution in [3.63, 3.8) is 0 Å². The molecule has 1 saturated heterocycles. The Morgan fingerprint density at radius 2 is 2.11 bits per heavy atom. The third-order valence-electron chi connectivity index (χ3n) is 3.20. The average molecular weight is 249 g/mol. The van der Waals surface area contributed by atoms with E-state index in [9.17, 15) is 9.90 Å². The zero-order valence-electron chi connectivity index (χ0n) is 10.6. The highest BCUT2D eigenvalue weighted by Gasteiger charge is 2.37. The fourth-order valence-corrected chi connectivity index (χ4v) is 2.32. The molecule has 0 saturated carbocycles. The number of aliphatic hydroxyl groups is 1. The molecule has 1 aromatic carbocycles. The molecule has 0 radical (unpaired) electrons. The van der Waals surface area contributed by atoms with Gasteiger partial charge < -0.3 is 9.84 Å². The molecule has 0 bridgehead atoms. The molecular formula is C14H19NO3. The highest BCUT2D eigenvalue weighted by Crippen LogP contribution is 2.20. The van der Waals surface area contributed by atoms with E-state index in [0.29, 0.717) is 19.7 Å². The first kappa shape index (κ1) is 13.1. The smallest absolute Gasteiger partial charge is 0.312 e. The molecule has 4 heteroatoms. The number of rotatable bonds is 4. The molecule has 1 aromatic rings. The van der Waals surface area contributed by atoms with E-state index in [4.69, 9.17) is 4.74 Å². The van der Waals surface area contributed by atoms with Gasteiger partial charge in [0.15, 0.2) is 0 Å². The Hall–Kier alpha value is -1.39. The van der Waals surface area contributed by atoms with Gasteiger partial charge in [0.2, 0.25) is 0 Å². The summed E-state index contributed by atoms with van der Waals surface area (Å²) >= 11 is 0. The molecule has 1 heterocycles. The molecule has 0 spiro atoms. The van der Waals surface area contributed by atoms with Gasteiger partial charge in [0.25, 0.3) is 0 Å². The van der Waals surface area contributed by atoms with Gasteiger partial charge in [-0.1, -0.05) is 30.3 Å². The highest BCUT2D eigenvalue weighted by molar-refractivity contribution is 5.73. The Morgan fingerprint density at radius 3 is 2.78 bits per heavy atom. The van der Waals surface area contributed by atoms with Crippen LogP contribution < -0.4 is 0 Å². The van der Waals surface area contributed by atoms with E-state index in [-0.39, 0.29) is 5.97 Å². The monoisotopic (exact) mass is 249 g/mol. The molecule has 1 N–H and O–H groups in total. The second-order valence-electron chi connectivity index (χ2n) is 4.61. The Morgan fingerprint density at radius 1 is 1.39 bits per heavy atom. The molecule has 1 aliphatic rings. The summed E-state index contributed by atoms with van der Waals surface area (Å²) in [5.74, 6) is -0.700. The summed E-state index contributed by atoms with van der Waals surface area (Å²) in [5.41, 5.74) is 1.19. The quantitative estimate of drug-likeness (QED) is 0.810. The molecule has 0 aromatic heterocycles. The number of nitrogens with zero attached hydrogens (tertiary/aromatic N) is 1. The molecule has 2 rings (SSSR count). The fraction of sp³-hybridized carbons (Fsp3) is 0.500. The predicted molar refractivity (Wildman–Crippen MR) is 67.8 cm³/mol. The number of esters is 1. The van der Waals surface area contributed by atoms with Crippen LogP contribution in [0.4, 0.5) is 0 Å². The summed E-state index contributed by atoms with van der Waals surface area (Å²) < 4.78 is 4.97. The topological polar surface area (TPSA) is 49.8 Å². The Bertz CT molecular complexity index is 393. The summed E-state index contributed by atoms with van der Waals surface area (Å²) in [7, 11) is 0. The van der Waals surface area contributed by atoms with Gasteiger partial charge in [-0.05, 0) is 12.5 Å². The van der Waals surface area contributed by atoms with Crippen molar-refractivity contribution in [2.45, 2.75) is 19.6 Å². The molecule has 98 valence electrons. The molecule has 2 atom stereocenters. The molecular weight excluding hydrogens is 230 g/mol. The SMILES string of the molecule is CCOC(=O)[C@H]1CN(Cc2ccccc2)C[C@@H]1O. The van der Waals surface area contributed by atoms with E-state index in [1.165, 1.54) is 5.56 Å². The molecule has 0 unspecified atom stereocenters. The molecule has 4 nitrogen and oxygen atoms in total. The minimum absolute atomic E-state index is 0.291. The van der Waals surface area contributed by atoms with Crippen LogP contribution in [0.2, 0.25) is 0 Å². The second kappa shape index (κ2) is 5.98. The average Bonchev–Trinajstić information content (AvgIpc) is 2.72. The van der Waals surface area contributed by atoms with Crippen molar-refractivity contribution in [2.75, 3.05) is 19.7 Å². The van der Waals surface area contributed by atoms with Gasteiger partial charge in [-0.3, -0.25) is 9.69 Å². The summed E-state index contributed by atoms with van der Waals surface area (Å²) in [4.78, 5) is 13.7. The molecule has 0 aliphatic carbocycles. The summed E-state index contributed by atoms with van der Waals surface area (Å²) in [6.07, 6.45) is -0.618. The Labute approximate surface area is 107 Å². The van der Waals surface area contributed by atoms with Crippen molar-refractivity contribution in [3.05, 3.63) is 35.9 Å². The first-order chi connectivity index (χ1) is 8.70. The number of benzene rings is 1. The number of β-amino-alcohol motifs (C(OH)–C–C–N with tert-alkyl or cyclic N) is 1. The van der Waals surface area contributed by atoms with E-state index >= 15 is 0 Å². The van der Waals surface area contributed by atoms with Crippen LogP contribution in [0.25, 0.3) is 0 Å². The van der Waals surface area contributed by atoms with Gasteiger partial charge in [-0.25, -0.2) is 0 Å². The first-order valence-corrected chi connectivity index (χ1v) is 6.31. The molecule has 1 aliphatic heterocycles. The van der Waals surface area contributed by atoms with Gasteiger partial charge >= 0.3 is 5.97 Å². The third-order valence-corrected chi connectivity index (χ3v) is 3.20. The van der Waals surface area contributed by atoms with Gasteiger partial charge in [0, 0.05) is 19.6 Å². The maximum absolute atomic E-state index is 11.6. The van der Waals surface area contributed by atoms with Crippen molar-refractivity contribution < 1.29 is 14.6 Å². The molecule has 18 heavy (non-hydrogen) atoms. The van der Waals surface area contributed by atoms with Crippen molar-refractivity contribution in [3.8, 4) is 0 Å². The lowest BCUT2D eigenvalue weighted by atomic mass is 10.1. The highest BCUT2D eigenvalue weighted by atomic mass is 16.5. The number of carbonyl (C=O) groups is 1. The lowest BCUT2D eigenvalue weighted by Gasteiger charge is -2.15. The van der Waals surface area contributed by atoms with Crippen LogP contribution in [-0.2, 0) is 16.1 Å². The number of hydrogen-bond donors (Lipinski definition) is 1. The Balaban J connectivity index is 1.92. The van der Waals surface area contributed by atoms with Crippen molar-refractivity contribution in [1.29, 1.82) is 0 Å². The predicted octanol–water partition coefficient (Wildman–Crippen LogP) is 1.04. The van der Waals surface area contributed by atoms with Crippen LogP contribution in [0.3, 0.4) is 0 Å². The first-order valence-electron chi connectivity index (χ1n) is 6.31. The standard InChI is InChI=1S/C14H19NO3/c1-2-18-14(17)12-9-15(10-13(12)16)8-11-6-4-3-5-7-11/h3-7,12-13,16H,2,8-10H2,1H3/t12-,13-/m0/s1. The van der Waals surface area contributed by atoms with E-state index in [0.717, 1.165) is 6.54 Å². The third kappa shape index (κ3) is 3.09. The zero-order chi connectivity index (χ0) is 13.0. The maximum atomic E-state index is 11.6. The van der Waals surface area contributed by atoms with Gasteiger partial charge in [0.1, 0.15) is 0 Å². The van der Waals surface area contributed by atoms with Crippen LogP contribution in [0.1, 0.15) is 12.5 Å². The lowest BCUT2D eigenvalue weighted by Crippen LogP contribution is -2.28. The van der Waals surface area contributed by atoms with E-state index in [1.54, 1.807) is 6.92 Å². The zero-order valence-corrected chi connectivity index (χ0v) is 10.6. The van der Waals surface area contributed by atoms with Gasteiger partial charge in [-0.15, -0.1) is 0 Å². The number of ether oxygens (including phenoxy) is 1. The summed E-state index contributed by atoms with van der Waals surface area (Å²) in [5, 5.41) is 9.89. The number of hydrogen-bond acceptors (Lipinski definition) is 4. The van der Waals surface area contributed by atoms with E-state index < -0.39 is 12.0 Å². The van der Waals surface area contributed by atoms with Gasteiger partial charge in [-0.2, -0.15) is 0 Å². The van der Waals surface area contributed by atoms with Crippen molar-refractivity contribution in [2.24, 2.45) is 5.92 Å². The van der Waals surface area contributed by atoms with Gasteiger partial charge in [0.05, 0.1) is 18.6 Å². The second-order valence-corrected chi connectivity index (χ2v) is 4.61. The maximum Gasteiger partial charge on any atom is 0.312 e. The molecule has 1 fully saturated rings. The van der Waals surface area contributed by atoms with Crippen molar-refractivity contribution >= 4 is 5.97 Å². The number of likely N-dealkylation sites (tertiary alicyclic amines) is 1. The van der Waals surface area contributed by atoms with E-state index in [2.05, 4.69) is 4.90 Å². The minimum atomic E-state index is -0.618. The molecule has 0 amide bonds. The fourth-order valence-electron chi connectivity index (χ4n) is 2.32. The summed E-state index contributed by atoms with van der Waals surface area (Å²) in [6, 6.07) is 10.0. The van der Waals surface area contributed by atoms with Crippen LogP contribution in [0.15, 0.2) is 30.3 Å². The van der Waals surface area contributed by atoms with Crippen molar-refractivity contribution in [1.82, 2.24) is 4.90 Å². The lowest BCUT2D eigenvalue weighted by molar-refractivity contribution is -0.150. The van der Waals surface area contributed by atoms with Crippen LogP contribution in [-0.4, -0.2) is 41.8 Å².